The van der Waals surface area contributed by atoms with E-state index in [0.29, 0.717) is 10.9 Å². The number of nitrogens with one attached hydrogen (secondary N) is 2. The first kappa shape index (κ1) is 12.8. The highest BCUT2D eigenvalue weighted by atomic mass is 35.5. The van der Waals surface area contributed by atoms with E-state index in [2.05, 4.69) is 10.6 Å². The number of carbonyl (C=O) groups is 1. The molecule has 2 N–H and O–H groups in total. The molecule has 2 amide bonds. The van der Waals surface area contributed by atoms with Gasteiger partial charge in [0.1, 0.15) is 0 Å². The first-order valence-electron chi connectivity index (χ1n) is 7.01. The van der Waals surface area contributed by atoms with Gasteiger partial charge in [0.05, 0.1) is 0 Å². The lowest BCUT2D eigenvalue weighted by Gasteiger charge is -2.21. The summed E-state index contributed by atoms with van der Waals surface area (Å²) in [5.74, 6) is 2.46. The van der Waals surface area contributed by atoms with Crippen LogP contribution in [0, 0.1) is 17.8 Å². The highest BCUT2D eigenvalue weighted by Gasteiger charge is 2.39. The lowest BCUT2D eigenvalue weighted by molar-refractivity contribution is 0.245. The number of urea groups is 1. The smallest absolute Gasteiger partial charge is 0.319 e. The second-order valence-electron chi connectivity index (χ2n) is 5.78. The molecule has 3 atom stereocenters. The van der Waals surface area contributed by atoms with Gasteiger partial charge in [-0.3, -0.25) is 0 Å². The summed E-state index contributed by atoms with van der Waals surface area (Å²) in [5.41, 5.74) is 0.773. The minimum absolute atomic E-state index is 0.120. The molecular formula is C15H19ClN2O. The fourth-order valence-electron chi connectivity index (χ4n) is 3.56. The molecule has 19 heavy (non-hydrogen) atoms. The molecule has 102 valence electrons. The maximum atomic E-state index is 11.8. The van der Waals surface area contributed by atoms with Crippen molar-refractivity contribution in [3.8, 4) is 0 Å². The molecule has 1 aromatic carbocycles. The number of anilines is 1. The van der Waals surface area contributed by atoms with Crippen LogP contribution in [-0.4, -0.2) is 12.6 Å². The van der Waals surface area contributed by atoms with E-state index in [1.807, 2.05) is 0 Å². The summed E-state index contributed by atoms with van der Waals surface area (Å²) in [7, 11) is 0. The van der Waals surface area contributed by atoms with E-state index in [-0.39, 0.29) is 6.03 Å². The van der Waals surface area contributed by atoms with E-state index in [1.54, 1.807) is 24.3 Å². The lowest BCUT2D eigenvalue weighted by atomic mass is 9.89. The quantitative estimate of drug-likeness (QED) is 0.865. The lowest BCUT2D eigenvalue weighted by Crippen LogP contribution is -2.34. The molecule has 2 aliphatic rings. The van der Waals surface area contributed by atoms with Gasteiger partial charge in [0.25, 0.3) is 0 Å². The first-order chi connectivity index (χ1) is 9.20. The van der Waals surface area contributed by atoms with Crippen LogP contribution in [0.3, 0.4) is 0 Å². The van der Waals surface area contributed by atoms with Crippen molar-refractivity contribution >= 4 is 23.3 Å². The summed E-state index contributed by atoms with van der Waals surface area (Å²) in [4.78, 5) is 11.8. The summed E-state index contributed by atoms with van der Waals surface area (Å²) >= 11 is 5.80. The van der Waals surface area contributed by atoms with Gasteiger partial charge < -0.3 is 10.6 Å². The van der Waals surface area contributed by atoms with Crippen LogP contribution in [0.15, 0.2) is 24.3 Å². The molecule has 0 heterocycles. The predicted octanol–water partition coefficient (Wildman–Crippen LogP) is 3.90. The number of fused-ring (bicyclic) bond motifs is 2. The van der Waals surface area contributed by atoms with Crippen LogP contribution in [0.4, 0.5) is 10.5 Å². The maximum Gasteiger partial charge on any atom is 0.319 e. The zero-order valence-electron chi connectivity index (χ0n) is 10.9. The number of hydrogen-bond donors (Lipinski definition) is 2. The molecule has 3 nitrogen and oxygen atoms in total. The minimum Gasteiger partial charge on any atom is -0.338 e. The Kier molecular flexibility index (Phi) is 3.65. The zero-order valence-corrected chi connectivity index (χ0v) is 11.6. The third-order valence-electron chi connectivity index (χ3n) is 4.51. The van der Waals surface area contributed by atoms with Crippen LogP contribution in [-0.2, 0) is 0 Å². The Morgan fingerprint density at radius 2 is 2.00 bits per heavy atom. The van der Waals surface area contributed by atoms with Crippen molar-refractivity contribution in [2.45, 2.75) is 25.7 Å². The molecule has 2 aliphatic carbocycles. The van der Waals surface area contributed by atoms with Gasteiger partial charge in [0, 0.05) is 17.3 Å². The number of rotatable bonds is 3. The van der Waals surface area contributed by atoms with Crippen LogP contribution in [0.25, 0.3) is 0 Å². The maximum absolute atomic E-state index is 11.8. The summed E-state index contributed by atoms with van der Waals surface area (Å²) in [6.45, 7) is 0.806. The topological polar surface area (TPSA) is 41.1 Å². The molecule has 3 rings (SSSR count). The summed E-state index contributed by atoms with van der Waals surface area (Å²) < 4.78 is 0. The number of halogens is 1. The van der Waals surface area contributed by atoms with Gasteiger partial charge >= 0.3 is 6.03 Å². The number of amides is 2. The van der Waals surface area contributed by atoms with Crippen LogP contribution in [0.1, 0.15) is 25.7 Å². The first-order valence-corrected chi connectivity index (χ1v) is 7.39. The largest absolute Gasteiger partial charge is 0.338 e. The highest BCUT2D eigenvalue weighted by molar-refractivity contribution is 6.30. The molecule has 0 unspecified atom stereocenters. The van der Waals surface area contributed by atoms with Crippen molar-refractivity contribution in [2.24, 2.45) is 17.8 Å². The number of benzene rings is 1. The molecule has 1 aromatic rings. The van der Waals surface area contributed by atoms with Crippen molar-refractivity contribution in [3.05, 3.63) is 29.3 Å². The number of carbonyl (C=O) groups excluding carboxylic acids is 1. The molecule has 4 heteroatoms. The Balaban J connectivity index is 1.45. The van der Waals surface area contributed by atoms with Gasteiger partial charge in [-0.1, -0.05) is 18.0 Å². The Hall–Kier alpha value is -1.22. The summed E-state index contributed by atoms with van der Waals surface area (Å²) in [5, 5.41) is 6.49. The molecule has 2 bridgehead atoms. The molecule has 0 saturated heterocycles. The second-order valence-corrected chi connectivity index (χ2v) is 6.21. The monoisotopic (exact) mass is 278 g/mol. The zero-order chi connectivity index (χ0) is 13.2. The van der Waals surface area contributed by atoms with E-state index in [0.717, 1.165) is 24.1 Å². The summed E-state index contributed by atoms with van der Waals surface area (Å²) in [6.07, 6.45) is 5.44. The highest BCUT2D eigenvalue weighted by Crippen LogP contribution is 2.47. The second kappa shape index (κ2) is 5.41. The van der Waals surface area contributed by atoms with E-state index in [4.69, 9.17) is 11.6 Å². The predicted molar refractivity (Wildman–Crippen MR) is 77.4 cm³/mol. The van der Waals surface area contributed by atoms with Crippen LogP contribution in [0.2, 0.25) is 5.02 Å². The molecule has 0 spiro atoms. The third kappa shape index (κ3) is 3.03. The van der Waals surface area contributed by atoms with Crippen LogP contribution >= 0.6 is 11.6 Å². The van der Waals surface area contributed by atoms with Crippen LogP contribution < -0.4 is 10.6 Å². The van der Waals surface area contributed by atoms with Crippen molar-refractivity contribution < 1.29 is 4.79 Å². The molecule has 0 aromatic heterocycles. The van der Waals surface area contributed by atoms with Gasteiger partial charge in [-0.2, -0.15) is 0 Å². The Morgan fingerprint density at radius 1 is 1.21 bits per heavy atom. The van der Waals surface area contributed by atoms with E-state index in [1.165, 1.54) is 25.7 Å². The van der Waals surface area contributed by atoms with Crippen molar-refractivity contribution in [1.29, 1.82) is 0 Å². The number of hydrogen-bond acceptors (Lipinski definition) is 1. The van der Waals surface area contributed by atoms with Gasteiger partial charge in [0.15, 0.2) is 0 Å². The van der Waals surface area contributed by atoms with Gasteiger partial charge in [-0.25, -0.2) is 4.79 Å². The fraction of sp³-hybridized carbons (Fsp3) is 0.533. The standard InChI is InChI=1S/C15H19ClN2O/c16-13-3-5-14(6-4-13)18-15(19)17-9-12-8-10-1-2-11(12)7-10/h3-6,10-12H,1-2,7-9H2,(H2,17,18,19)/t10-,11+,12-/m0/s1. The van der Waals surface area contributed by atoms with E-state index < -0.39 is 0 Å². The molecule has 0 radical (unpaired) electrons. The van der Waals surface area contributed by atoms with Crippen molar-refractivity contribution in [2.75, 3.05) is 11.9 Å². The molecular weight excluding hydrogens is 260 g/mol. The average molecular weight is 279 g/mol. The van der Waals surface area contributed by atoms with E-state index >= 15 is 0 Å². The Morgan fingerprint density at radius 3 is 2.63 bits per heavy atom. The minimum atomic E-state index is -0.120. The Bertz CT molecular complexity index is 460. The fourth-order valence-corrected chi connectivity index (χ4v) is 3.68. The third-order valence-corrected chi connectivity index (χ3v) is 4.76. The summed E-state index contributed by atoms with van der Waals surface area (Å²) in [6, 6.07) is 7.03. The van der Waals surface area contributed by atoms with Crippen LogP contribution in [0.5, 0.6) is 0 Å². The normalized spacial score (nSPS) is 28.4. The van der Waals surface area contributed by atoms with E-state index in [9.17, 15) is 4.79 Å². The van der Waals surface area contributed by atoms with Crippen molar-refractivity contribution in [1.82, 2.24) is 5.32 Å². The molecule has 0 aliphatic heterocycles. The average Bonchev–Trinajstić information content (AvgIpc) is 3.01. The Labute approximate surface area is 118 Å². The van der Waals surface area contributed by atoms with Gasteiger partial charge in [-0.05, 0) is 61.3 Å². The van der Waals surface area contributed by atoms with Crippen molar-refractivity contribution in [3.63, 3.8) is 0 Å². The molecule has 2 saturated carbocycles. The van der Waals surface area contributed by atoms with Gasteiger partial charge in [-0.15, -0.1) is 0 Å². The van der Waals surface area contributed by atoms with Gasteiger partial charge in [0.2, 0.25) is 0 Å². The molecule has 2 fully saturated rings. The SMILES string of the molecule is O=C(NC[C@@H]1C[C@H]2CC[C@@H]1C2)Nc1ccc(Cl)cc1.